The lowest BCUT2D eigenvalue weighted by molar-refractivity contribution is 0.563. The summed E-state index contributed by atoms with van der Waals surface area (Å²) in [5.74, 6) is 0. The molecule has 1 rings (SSSR count). The van der Waals surface area contributed by atoms with E-state index in [1.54, 1.807) is 12.1 Å². The molecule has 0 aliphatic heterocycles. The summed E-state index contributed by atoms with van der Waals surface area (Å²) in [6.45, 7) is 0. The van der Waals surface area contributed by atoms with E-state index < -0.39 is 0 Å². The highest BCUT2D eigenvalue weighted by Gasteiger charge is 1.92. The largest absolute Gasteiger partial charge is 0.285 e. The molecule has 0 amide bonds. The smallest absolute Gasteiger partial charge is 0.233 e. The van der Waals surface area contributed by atoms with Gasteiger partial charge in [0, 0.05) is 10.9 Å². The van der Waals surface area contributed by atoms with Gasteiger partial charge in [0.2, 0.25) is 6.29 Å². The van der Waals surface area contributed by atoms with Crippen LogP contribution in [0.2, 0.25) is 0 Å². The summed E-state index contributed by atoms with van der Waals surface area (Å²) >= 11 is 3.34. The van der Waals surface area contributed by atoms with Crippen molar-refractivity contribution in [2.24, 2.45) is 0 Å². The molecule has 0 saturated heterocycles. The summed E-state index contributed by atoms with van der Waals surface area (Å²) in [4.78, 5) is 10.1. The van der Waals surface area contributed by atoms with Gasteiger partial charge in [-0.05, 0) is 12.0 Å². The van der Waals surface area contributed by atoms with Crippen molar-refractivity contribution in [3.63, 3.8) is 0 Å². The molecule has 0 heterocycles. The molecular weight excluding hydrogens is 204 g/mol. The fourth-order valence-corrected chi connectivity index (χ4v) is 1.31. The average Bonchev–Trinajstić information content (AvgIpc) is 2.07. The molecule has 0 fully saturated rings. The maximum atomic E-state index is 10.1. The molecule has 0 spiro atoms. The molecule has 0 unspecified atom stereocenters. The van der Waals surface area contributed by atoms with E-state index in [0.717, 1.165) is 11.8 Å². The molecule has 0 N–H and O–H groups in total. The van der Waals surface area contributed by atoms with Crippen LogP contribution in [0.5, 0.6) is 0 Å². The van der Waals surface area contributed by atoms with Crippen LogP contribution >= 0.6 is 15.9 Å². The zero-order valence-corrected chi connectivity index (χ0v) is 7.60. The second-order valence-corrected chi connectivity index (χ2v) is 3.03. The summed E-state index contributed by atoms with van der Waals surface area (Å²) in [5.41, 5.74) is 1.85. The molecule has 0 aliphatic carbocycles. The zero-order valence-electron chi connectivity index (χ0n) is 6.01. The van der Waals surface area contributed by atoms with Gasteiger partial charge in [0.25, 0.3) is 0 Å². The van der Waals surface area contributed by atoms with Crippen LogP contribution in [0.15, 0.2) is 24.3 Å². The SMILES string of the molecule is O=[C]c1ccc(CCBr)cc1. The van der Waals surface area contributed by atoms with Crippen molar-refractivity contribution < 1.29 is 4.79 Å². The third kappa shape index (κ3) is 2.46. The maximum Gasteiger partial charge on any atom is 0.233 e. The van der Waals surface area contributed by atoms with Crippen molar-refractivity contribution in [2.45, 2.75) is 6.42 Å². The van der Waals surface area contributed by atoms with Gasteiger partial charge in [-0.25, -0.2) is 0 Å². The Morgan fingerprint density at radius 3 is 2.36 bits per heavy atom. The standard InChI is InChI=1S/C9H8BrO/c10-6-5-8-1-3-9(7-11)4-2-8/h1-4H,5-6H2. The predicted octanol–water partition coefficient (Wildman–Crippen LogP) is 2.08. The van der Waals surface area contributed by atoms with Gasteiger partial charge < -0.3 is 0 Å². The van der Waals surface area contributed by atoms with Crippen molar-refractivity contribution in [2.75, 3.05) is 5.33 Å². The molecule has 1 radical (unpaired) electrons. The van der Waals surface area contributed by atoms with Gasteiger partial charge in [-0.15, -0.1) is 0 Å². The monoisotopic (exact) mass is 211 g/mol. The topological polar surface area (TPSA) is 17.1 Å². The molecule has 2 heteroatoms. The zero-order chi connectivity index (χ0) is 8.10. The Kier molecular flexibility index (Phi) is 3.30. The normalized spacial score (nSPS) is 9.55. The Labute approximate surface area is 74.6 Å². The lowest BCUT2D eigenvalue weighted by Gasteiger charge is -1.95. The third-order valence-corrected chi connectivity index (χ3v) is 1.85. The van der Waals surface area contributed by atoms with Crippen LogP contribution in [-0.4, -0.2) is 11.6 Å². The summed E-state index contributed by atoms with van der Waals surface area (Å²) in [7, 11) is 0. The van der Waals surface area contributed by atoms with Gasteiger partial charge in [0.05, 0.1) is 0 Å². The Morgan fingerprint density at radius 2 is 1.91 bits per heavy atom. The summed E-state index contributed by atoms with van der Waals surface area (Å²) in [6.07, 6.45) is 2.83. The number of aryl methyl sites for hydroxylation is 1. The van der Waals surface area contributed by atoms with Crippen molar-refractivity contribution in [3.05, 3.63) is 35.4 Å². The molecule has 1 aromatic carbocycles. The molecule has 0 aromatic heterocycles. The minimum absolute atomic E-state index is 0.614. The van der Waals surface area contributed by atoms with Gasteiger partial charge in [0.1, 0.15) is 0 Å². The summed E-state index contributed by atoms with van der Waals surface area (Å²) in [6, 6.07) is 7.46. The van der Waals surface area contributed by atoms with E-state index in [0.29, 0.717) is 5.56 Å². The first kappa shape index (κ1) is 8.47. The lowest BCUT2D eigenvalue weighted by Crippen LogP contribution is -1.86. The fraction of sp³-hybridized carbons (Fsp3) is 0.222. The van der Waals surface area contributed by atoms with Crippen LogP contribution < -0.4 is 0 Å². The lowest BCUT2D eigenvalue weighted by atomic mass is 10.1. The van der Waals surface area contributed by atoms with E-state index >= 15 is 0 Å². The van der Waals surface area contributed by atoms with Crippen molar-refractivity contribution in [1.82, 2.24) is 0 Å². The number of carbonyl (C=O) groups excluding carboxylic acids is 1. The van der Waals surface area contributed by atoms with E-state index in [2.05, 4.69) is 15.9 Å². The van der Waals surface area contributed by atoms with E-state index in [1.165, 1.54) is 5.56 Å². The highest BCUT2D eigenvalue weighted by Crippen LogP contribution is 2.04. The van der Waals surface area contributed by atoms with Crippen LogP contribution in [0.3, 0.4) is 0 Å². The number of hydrogen-bond donors (Lipinski definition) is 0. The first-order valence-corrected chi connectivity index (χ1v) is 4.52. The van der Waals surface area contributed by atoms with Gasteiger partial charge in [-0.3, -0.25) is 4.79 Å². The molecule has 57 valence electrons. The molecule has 0 saturated carbocycles. The minimum atomic E-state index is 0.614. The highest BCUT2D eigenvalue weighted by atomic mass is 79.9. The first-order chi connectivity index (χ1) is 5.36. The predicted molar refractivity (Wildman–Crippen MR) is 48.7 cm³/mol. The Balaban J connectivity index is 2.74. The van der Waals surface area contributed by atoms with Crippen LogP contribution in [0.1, 0.15) is 11.1 Å². The molecular formula is C9H8BrO. The van der Waals surface area contributed by atoms with Crippen LogP contribution in [0.4, 0.5) is 0 Å². The maximum absolute atomic E-state index is 10.1. The number of rotatable bonds is 3. The molecule has 1 nitrogen and oxygen atoms in total. The number of hydrogen-bond acceptors (Lipinski definition) is 1. The van der Waals surface area contributed by atoms with Crippen molar-refractivity contribution in [3.8, 4) is 0 Å². The second kappa shape index (κ2) is 4.29. The van der Waals surface area contributed by atoms with Crippen molar-refractivity contribution in [1.29, 1.82) is 0 Å². The van der Waals surface area contributed by atoms with Crippen LogP contribution in [0, 0.1) is 0 Å². The van der Waals surface area contributed by atoms with E-state index in [4.69, 9.17) is 0 Å². The van der Waals surface area contributed by atoms with Crippen molar-refractivity contribution >= 4 is 22.2 Å². The van der Waals surface area contributed by atoms with Crippen LogP contribution in [-0.2, 0) is 11.2 Å². The molecule has 1 aromatic rings. The van der Waals surface area contributed by atoms with Gasteiger partial charge >= 0.3 is 0 Å². The number of halogens is 1. The quantitative estimate of drug-likeness (QED) is 0.701. The highest BCUT2D eigenvalue weighted by molar-refractivity contribution is 9.09. The summed E-state index contributed by atoms with van der Waals surface area (Å²) in [5, 5.41) is 0.956. The average molecular weight is 212 g/mol. The third-order valence-electron chi connectivity index (χ3n) is 1.45. The van der Waals surface area contributed by atoms with Gasteiger partial charge in [-0.2, -0.15) is 0 Å². The Hall–Kier alpha value is -0.630. The van der Waals surface area contributed by atoms with E-state index in [1.807, 2.05) is 18.4 Å². The second-order valence-electron chi connectivity index (χ2n) is 2.24. The van der Waals surface area contributed by atoms with Crippen LogP contribution in [0.25, 0.3) is 0 Å². The van der Waals surface area contributed by atoms with E-state index in [9.17, 15) is 4.79 Å². The number of benzene rings is 1. The minimum Gasteiger partial charge on any atom is -0.285 e. The molecule has 0 bridgehead atoms. The Morgan fingerprint density at radius 1 is 1.27 bits per heavy atom. The molecule has 11 heavy (non-hydrogen) atoms. The Bertz CT molecular complexity index is 228. The summed E-state index contributed by atoms with van der Waals surface area (Å²) < 4.78 is 0. The molecule has 0 atom stereocenters. The van der Waals surface area contributed by atoms with E-state index in [-0.39, 0.29) is 0 Å². The van der Waals surface area contributed by atoms with Gasteiger partial charge in [0.15, 0.2) is 0 Å². The molecule has 0 aliphatic rings. The van der Waals surface area contributed by atoms with Gasteiger partial charge in [-0.1, -0.05) is 40.2 Å². The number of alkyl halides is 1. The first-order valence-electron chi connectivity index (χ1n) is 3.40. The fourth-order valence-electron chi connectivity index (χ4n) is 0.849.